The smallest absolute Gasteiger partial charge is 0.347 e. The fourth-order valence-corrected chi connectivity index (χ4v) is 1.87. The van der Waals surface area contributed by atoms with Gasteiger partial charge in [-0.25, -0.2) is 0 Å². The molecule has 0 aromatic rings. The predicted molar refractivity (Wildman–Crippen MR) is 50.3 cm³/mol. The van der Waals surface area contributed by atoms with Crippen molar-refractivity contribution < 1.29 is 18.0 Å². The van der Waals surface area contributed by atoms with Crippen LogP contribution in [-0.2, 0) is 4.79 Å². The highest BCUT2D eigenvalue weighted by Crippen LogP contribution is 2.23. The summed E-state index contributed by atoms with van der Waals surface area (Å²) in [5.74, 6) is -0.649. The summed E-state index contributed by atoms with van der Waals surface area (Å²) < 4.78 is 35.5. The first-order valence-corrected chi connectivity index (χ1v) is 5.33. The van der Waals surface area contributed by atoms with Crippen LogP contribution in [0.15, 0.2) is 0 Å². The highest BCUT2D eigenvalue weighted by atomic mass is 19.4. The summed E-state index contributed by atoms with van der Waals surface area (Å²) in [5, 5.41) is 1.96. The molecule has 0 aromatic heterocycles. The van der Waals surface area contributed by atoms with Crippen LogP contribution in [-0.4, -0.2) is 18.6 Å². The minimum absolute atomic E-state index is 0.213. The molecule has 0 radical (unpaired) electrons. The van der Waals surface area contributed by atoms with Crippen molar-refractivity contribution in [1.29, 1.82) is 0 Å². The lowest BCUT2D eigenvalue weighted by Gasteiger charge is -2.15. The van der Waals surface area contributed by atoms with E-state index >= 15 is 0 Å². The molecule has 0 atom stereocenters. The van der Waals surface area contributed by atoms with Gasteiger partial charge in [0.1, 0.15) is 6.54 Å². The number of carbonyl (C=O) groups is 1. The molecule has 5 heteroatoms. The Bertz CT molecular complexity index is 207. The molecule has 88 valence electrons. The number of carbonyl (C=O) groups excluding carboxylic acids is 1. The monoisotopic (exact) mass is 223 g/mol. The van der Waals surface area contributed by atoms with Gasteiger partial charge in [0.2, 0.25) is 5.91 Å². The molecule has 1 aliphatic carbocycles. The molecular weight excluding hydrogens is 207 g/mol. The molecule has 0 unspecified atom stereocenters. The average molecular weight is 223 g/mol. The Labute approximate surface area is 87.2 Å². The van der Waals surface area contributed by atoms with Gasteiger partial charge in [0.05, 0.1) is 0 Å². The van der Waals surface area contributed by atoms with Gasteiger partial charge in [-0.2, -0.15) is 13.2 Å². The van der Waals surface area contributed by atoms with Crippen molar-refractivity contribution in [2.45, 2.75) is 44.7 Å². The number of nitrogens with one attached hydrogen (secondary N) is 1. The maximum Gasteiger partial charge on any atom is 0.405 e. The third kappa shape index (κ3) is 5.04. The van der Waals surface area contributed by atoms with E-state index in [1.807, 2.05) is 5.32 Å². The van der Waals surface area contributed by atoms with Crippen LogP contribution in [0.5, 0.6) is 0 Å². The van der Waals surface area contributed by atoms with Crippen LogP contribution in [0.4, 0.5) is 13.2 Å². The average Bonchev–Trinajstić information content (AvgIpc) is 2.41. The lowest BCUT2D eigenvalue weighted by molar-refractivity contribution is -0.141. The molecule has 1 N–H and O–H groups in total. The van der Waals surface area contributed by atoms with Crippen LogP contribution in [0, 0.1) is 5.92 Å². The van der Waals surface area contributed by atoms with Crippen molar-refractivity contribution in [2.24, 2.45) is 5.92 Å². The van der Waals surface area contributed by atoms with Gasteiger partial charge in [0.25, 0.3) is 0 Å². The van der Waals surface area contributed by atoms with E-state index in [4.69, 9.17) is 0 Å². The van der Waals surface area contributed by atoms with Crippen molar-refractivity contribution >= 4 is 5.91 Å². The van der Waals surface area contributed by atoms with E-state index in [9.17, 15) is 18.0 Å². The normalized spacial score (nSPS) is 19.7. The quantitative estimate of drug-likeness (QED) is 0.716. The van der Waals surface area contributed by atoms with E-state index in [1.54, 1.807) is 0 Å². The molecule has 0 heterocycles. The summed E-state index contributed by atoms with van der Waals surface area (Å²) in [6.07, 6.45) is 1.22. The van der Waals surface area contributed by atoms with E-state index in [2.05, 4.69) is 0 Å². The largest absolute Gasteiger partial charge is 0.405 e. The van der Waals surface area contributed by atoms with Crippen LogP contribution < -0.4 is 5.32 Å². The minimum atomic E-state index is -4.31. The lowest BCUT2D eigenvalue weighted by atomic mass is 9.99. The van der Waals surface area contributed by atoms with Crippen LogP contribution in [0.1, 0.15) is 38.5 Å². The van der Waals surface area contributed by atoms with E-state index in [0.29, 0.717) is 0 Å². The van der Waals surface area contributed by atoms with Crippen molar-refractivity contribution in [3.8, 4) is 0 Å². The van der Waals surface area contributed by atoms with Crippen LogP contribution in [0.2, 0.25) is 0 Å². The standard InChI is InChI=1S/C10H16F3NO/c11-10(12,13)7-14-9(15)8-5-3-1-2-4-6-8/h8H,1-7H2,(H,14,15). The highest BCUT2D eigenvalue weighted by Gasteiger charge is 2.29. The van der Waals surface area contributed by atoms with E-state index in [-0.39, 0.29) is 5.92 Å². The maximum absolute atomic E-state index is 11.8. The first-order chi connectivity index (χ1) is 6.99. The van der Waals surface area contributed by atoms with Gasteiger partial charge in [-0.05, 0) is 12.8 Å². The second-order valence-electron chi connectivity index (χ2n) is 4.02. The molecule has 1 amide bonds. The van der Waals surface area contributed by atoms with Crippen LogP contribution >= 0.6 is 0 Å². The number of hydrogen-bond donors (Lipinski definition) is 1. The third-order valence-corrected chi connectivity index (χ3v) is 2.69. The van der Waals surface area contributed by atoms with E-state index in [0.717, 1.165) is 38.5 Å². The summed E-state index contributed by atoms with van der Waals surface area (Å²) in [6, 6.07) is 0. The second-order valence-corrected chi connectivity index (χ2v) is 4.02. The Morgan fingerprint density at radius 1 is 1.13 bits per heavy atom. The van der Waals surface area contributed by atoms with Gasteiger partial charge in [-0.15, -0.1) is 0 Å². The Kier molecular flexibility index (Phi) is 4.42. The molecular formula is C10H16F3NO. The van der Waals surface area contributed by atoms with Crippen LogP contribution in [0.25, 0.3) is 0 Å². The number of alkyl halides is 3. The first-order valence-electron chi connectivity index (χ1n) is 5.33. The molecule has 2 nitrogen and oxygen atoms in total. The second kappa shape index (κ2) is 5.37. The third-order valence-electron chi connectivity index (χ3n) is 2.69. The van der Waals surface area contributed by atoms with Crippen molar-refractivity contribution in [1.82, 2.24) is 5.32 Å². The topological polar surface area (TPSA) is 29.1 Å². The summed E-state index contributed by atoms with van der Waals surface area (Å²) in [7, 11) is 0. The summed E-state index contributed by atoms with van der Waals surface area (Å²) in [5.41, 5.74) is 0. The zero-order valence-electron chi connectivity index (χ0n) is 8.57. The van der Waals surface area contributed by atoms with Crippen molar-refractivity contribution in [3.63, 3.8) is 0 Å². The molecule has 0 saturated heterocycles. The molecule has 0 aromatic carbocycles. The Hall–Kier alpha value is -0.740. The summed E-state index contributed by atoms with van der Waals surface area (Å²) in [4.78, 5) is 11.4. The van der Waals surface area contributed by atoms with Gasteiger partial charge in [0.15, 0.2) is 0 Å². The molecule has 0 bridgehead atoms. The molecule has 1 fully saturated rings. The first kappa shape index (κ1) is 12.3. The SMILES string of the molecule is O=C(NCC(F)(F)F)C1CCCCCC1. The summed E-state index contributed by atoms with van der Waals surface area (Å²) in [6.45, 7) is -1.21. The van der Waals surface area contributed by atoms with E-state index in [1.165, 1.54) is 0 Å². The van der Waals surface area contributed by atoms with Crippen LogP contribution in [0.3, 0.4) is 0 Å². The predicted octanol–water partition coefficient (Wildman–Crippen LogP) is 2.64. The number of rotatable bonds is 2. The van der Waals surface area contributed by atoms with Gasteiger partial charge >= 0.3 is 6.18 Å². The molecule has 0 spiro atoms. The molecule has 0 aliphatic heterocycles. The van der Waals surface area contributed by atoms with Gasteiger partial charge in [-0.3, -0.25) is 4.79 Å². The maximum atomic E-state index is 11.8. The Balaban J connectivity index is 2.32. The molecule has 1 aliphatic rings. The van der Waals surface area contributed by atoms with Crippen molar-refractivity contribution in [3.05, 3.63) is 0 Å². The molecule has 1 rings (SSSR count). The fraction of sp³-hybridized carbons (Fsp3) is 0.900. The minimum Gasteiger partial charge on any atom is -0.347 e. The Morgan fingerprint density at radius 2 is 1.67 bits per heavy atom. The number of hydrogen-bond acceptors (Lipinski definition) is 1. The van der Waals surface area contributed by atoms with Gasteiger partial charge < -0.3 is 5.32 Å². The zero-order valence-corrected chi connectivity index (χ0v) is 8.57. The highest BCUT2D eigenvalue weighted by molar-refractivity contribution is 5.78. The number of halogens is 3. The summed E-state index contributed by atoms with van der Waals surface area (Å²) >= 11 is 0. The van der Waals surface area contributed by atoms with Crippen molar-refractivity contribution in [2.75, 3.05) is 6.54 Å². The molecule has 15 heavy (non-hydrogen) atoms. The fourth-order valence-electron chi connectivity index (χ4n) is 1.87. The molecule has 1 saturated carbocycles. The zero-order chi connectivity index (χ0) is 11.3. The van der Waals surface area contributed by atoms with Gasteiger partial charge in [-0.1, -0.05) is 25.7 Å². The number of amides is 1. The Morgan fingerprint density at radius 3 is 2.13 bits per heavy atom. The lowest BCUT2D eigenvalue weighted by Crippen LogP contribution is -2.37. The van der Waals surface area contributed by atoms with E-state index < -0.39 is 18.6 Å². The van der Waals surface area contributed by atoms with Gasteiger partial charge in [0, 0.05) is 5.92 Å².